The van der Waals surface area contributed by atoms with Crippen molar-refractivity contribution in [2.75, 3.05) is 39.6 Å². The third kappa shape index (κ3) is 13.6. The summed E-state index contributed by atoms with van der Waals surface area (Å²) in [5.41, 5.74) is 1.50. The highest BCUT2D eigenvalue weighted by molar-refractivity contribution is 5.92. The average molecular weight is 754 g/mol. The van der Waals surface area contributed by atoms with Gasteiger partial charge in [0.1, 0.15) is 51.1 Å². The van der Waals surface area contributed by atoms with E-state index in [-0.39, 0.29) is 50.8 Å². The Hall–Kier alpha value is -5.11. The van der Waals surface area contributed by atoms with Gasteiger partial charge in [-0.15, -0.1) is 0 Å². The molecule has 0 fully saturated rings. The molecule has 1 aromatic heterocycles. The molecule has 0 aliphatic heterocycles. The highest BCUT2D eigenvalue weighted by Crippen LogP contribution is 2.45. The number of benzene rings is 2. The Morgan fingerprint density at radius 2 is 0.945 bits per heavy atom. The lowest BCUT2D eigenvalue weighted by molar-refractivity contribution is 0.280. The van der Waals surface area contributed by atoms with E-state index in [0.29, 0.717) is 57.5 Å². The second-order valence-corrected chi connectivity index (χ2v) is 13.3. The second kappa shape index (κ2) is 25.8. The van der Waals surface area contributed by atoms with Crippen LogP contribution in [0, 0.1) is 0 Å². The number of ether oxygens (including phenoxy) is 6. The van der Waals surface area contributed by atoms with Crippen LogP contribution in [0.25, 0.3) is 22.2 Å². The molecular formula is C47H63NO7. The van der Waals surface area contributed by atoms with Crippen molar-refractivity contribution in [3.05, 3.63) is 110 Å². The van der Waals surface area contributed by atoms with Crippen molar-refractivity contribution in [2.45, 2.75) is 90.5 Å². The van der Waals surface area contributed by atoms with Gasteiger partial charge < -0.3 is 33.0 Å². The number of aromatic nitrogens is 1. The molecule has 298 valence electrons. The lowest BCUT2D eigenvalue weighted by atomic mass is 10.0. The number of aryl methyl sites for hydroxylation is 1. The molecule has 0 saturated carbocycles. The van der Waals surface area contributed by atoms with Crippen LogP contribution >= 0.6 is 0 Å². The molecule has 1 heterocycles. The largest absolute Gasteiger partial charge is 0.489 e. The van der Waals surface area contributed by atoms with Gasteiger partial charge in [-0.05, 0) is 18.6 Å². The Morgan fingerprint density at radius 1 is 0.509 bits per heavy atom. The topological polar surface area (TPSA) is 77.4 Å². The molecular weight excluding hydrogens is 691 g/mol. The first-order chi connectivity index (χ1) is 27.0. The lowest BCUT2D eigenvalue weighted by Crippen LogP contribution is -2.19. The summed E-state index contributed by atoms with van der Waals surface area (Å²) in [5.74, 6) is 2.29. The van der Waals surface area contributed by atoms with Crippen LogP contribution < -0.4 is 33.8 Å². The Kier molecular flexibility index (Phi) is 20.8. The quantitative estimate of drug-likeness (QED) is 0.0464. The fourth-order valence-corrected chi connectivity index (χ4v) is 6.40. The van der Waals surface area contributed by atoms with Gasteiger partial charge in [-0.25, -0.2) is 0 Å². The average Bonchev–Trinajstić information content (AvgIpc) is 3.20. The maximum atomic E-state index is 14.7. The summed E-state index contributed by atoms with van der Waals surface area (Å²) in [5, 5.41) is 0.381. The summed E-state index contributed by atoms with van der Waals surface area (Å²) in [6, 6.07) is 7.30. The number of nitrogens with zero attached hydrogens (tertiary/aromatic N) is 1. The van der Waals surface area contributed by atoms with Crippen LogP contribution in [-0.4, -0.2) is 44.2 Å². The van der Waals surface area contributed by atoms with E-state index in [1.54, 1.807) is 42.5 Å². The minimum absolute atomic E-state index is 0.107. The van der Waals surface area contributed by atoms with Crippen molar-refractivity contribution in [2.24, 2.45) is 0 Å². The third-order valence-corrected chi connectivity index (χ3v) is 8.92. The maximum Gasteiger partial charge on any atom is 0.235 e. The molecule has 2 aromatic carbocycles. The van der Waals surface area contributed by atoms with E-state index in [9.17, 15) is 4.79 Å². The van der Waals surface area contributed by atoms with Crippen LogP contribution in [0.2, 0.25) is 0 Å². The van der Waals surface area contributed by atoms with Crippen LogP contribution in [0.1, 0.15) is 84.0 Å². The van der Waals surface area contributed by atoms with Gasteiger partial charge in [0, 0.05) is 24.2 Å². The highest BCUT2D eigenvalue weighted by Gasteiger charge is 2.26. The highest BCUT2D eigenvalue weighted by atomic mass is 16.5. The van der Waals surface area contributed by atoms with Gasteiger partial charge in [0.05, 0.1) is 16.6 Å². The molecule has 0 atom stereocenters. The smallest absolute Gasteiger partial charge is 0.235 e. The van der Waals surface area contributed by atoms with Gasteiger partial charge in [0.2, 0.25) is 11.2 Å². The van der Waals surface area contributed by atoms with Crippen LogP contribution in [0.3, 0.4) is 0 Å². The summed E-state index contributed by atoms with van der Waals surface area (Å²) in [6.07, 6.45) is 24.6. The molecule has 0 saturated heterocycles. The summed E-state index contributed by atoms with van der Waals surface area (Å²) in [6.45, 7) is 27.0. The third-order valence-electron chi connectivity index (χ3n) is 8.92. The van der Waals surface area contributed by atoms with Crippen molar-refractivity contribution >= 4 is 10.9 Å². The first kappa shape index (κ1) is 44.3. The van der Waals surface area contributed by atoms with Crippen molar-refractivity contribution in [3.8, 4) is 45.8 Å². The monoisotopic (exact) mass is 753 g/mol. The van der Waals surface area contributed by atoms with E-state index in [4.69, 9.17) is 28.4 Å². The Bertz CT molecular complexity index is 1720. The predicted molar refractivity (Wildman–Crippen MR) is 229 cm³/mol. The Labute approximate surface area is 329 Å². The SMILES string of the molecule is C=CCOc1cc(OCC=C)c2c(=O)c(OCC=C)c(-c3cc(OCC=C)c(OCC=C)c(OCC=C)c3)n(CCCCCCCCCCCCCC)c2c1. The van der Waals surface area contributed by atoms with Gasteiger partial charge in [-0.2, -0.15) is 0 Å². The molecule has 0 radical (unpaired) electrons. The minimum atomic E-state index is -0.332. The summed E-state index contributed by atoms with van der Waals surface area (Å²) in [4.78, 5) is 14.7. The van der Waals surface area contributed by atoms with E-state index in [0.717, 1.165) is 19.3 Å². The van der Waals surface area contributed by atoms with Crippen LogP contribution in [0.4, 0.5) is 0 Å². The van der Waals surface area contributed by atoms with Gasteiger partial charge in [0.15, 0.2) is 17.2 Å². The summed E-state index contributed by atoms with van der Waals surface area (Å²) >= 11 is 0. The molecule has 8 heteroatoms. The van der Waals surface area contributed by atoms with E-state index < -0.39 is 0 Å². The Morgan fingerprint density at radius 3 is 1.45 bits per heavy atom. The zero-order valence-corrected chi connectivity index (χ0v) is 33.3. The van der Waals surface area contributed by atoms with Gasteiger partial charge in [-0.1, -0.05) is 153 Å². The normalized spacial score (nSPS) is 10.7. The number of pyridine rings is 1. The fourth-order valence-electron chi connectivity index (χ4n) is 6.40. The predicted octanol–water partition coefficient (Wildman–Crippen LogP) is 11.8. The molecule has 0 aliphatic carbocycles. The summed E-state index contributed by atoms with van der Waals surface area (Å²) < 4.78 is 39.0. The number of fused-ring (bicyclic) bond motifs is 1. The maximum absolute atomic E-state index is 14.7. The van der Waals surface area contributed by atoms with Crippen molar-refractivity contribution < 1.29 is 28.4 Å². The molecule has 3 aromatic rings. The van der Waals surface area contributed by atoms with Crippen LogP contribution in [-0.2, 0) is 6.54 Å². The van der Waals surface area contributed by atoms with E-state index >= 15 is 0 Å². The second-order valence-electron chi connectivity index (χ2n) is 13.3. The van der Waals surface area contributed by atoms with Crippen molar-refractivity contribution in [3.63, 3.8) is 0 Å². The zero-order valence-electron chi connectivity index (χ0n) is 33.3. The van der Waals surface area contributed by atoms with Gasteiger partial charge in [0.25, 0.3) is 0 Å². The van der Waals surface area contributed by atoms with Crippen LogP contribution in [0.5, 0.6) is 34.5 Å². The molecule has 0 bridgehead atoms. The van der Waals surface area contributed by atoms with Gasteiger partial charge >= 0.3 is 0 Å². The number of unbranched alkanes of at least 4 members (excludes halogenated alkanes) is 11. The molecule has 3 rings (SSSR count). The zero-order chi connectivity index (χ0) is 39.7. The lowest BCUT2D eigenvalue weighted by Gasteiger charge is -2.24. The molecule has 0 amide bonds. The van der Waals surface area contributed by atoms with Crippen molar-refractivity contribution in [1.29, 1.82) is 0 Å². The van der Waals surface area contributed by atoms with E-state index in [1.807, 2.05) is 18.2 Å². The van der Waals surface area contributed by atoms with Crippen molar-refractivity contribution in [1.82, 2.24) is 4.57 Å². The standard InChI is InChI=1S/C47H63NO7/c1-8-15-16-17-18-19-20-21-22-23-24-25-26-48-39-35-38(50-27-9-2)36-40(51-28-10-3)43(39)45(49)47(55-32-14-7)44(48)37-33-41(52-29-11-4)46(54-31-13-6)42(34-37)53-30-12-5/h9-14,33-36H,2-8,15-32H2,1H3. The minimum Gasteiger partial charge on any atom is -0.489 e. The molecule has 8 nitrogen and oxygen atoms in total. The molecule has 0 aliphatic rings. The molecule has 0 unspecified atom stereocenters. The van der Waals surface area contributed by atoms with E-state index in [2.05, 4.69) is 51.0 Å². The number of rotatable bonds is 32. The molecule has 0 spiro atoms. The number of hydrogen-bond donors (Lipinski definition) is 0. The van der Waals surface area contributed by atoms with Crippen LogP contribution in [0.15, 0.2) is 105 Å². The summed E-state index contributed by atoms with van der Waals surface area (Å²) in [7, 11) is 0. The van der Waals surface area contributed by atoms with E-state index in [1.165, 1.54) is 57.8 Å². The first-order valence-electron chi connectivity index (χ1n) is 19.8. The molecule has 0 N–H and O–H groups in total. The number of hydrogen-bond acceptors (Lipinski definition) is 7. The molecule has 55 heavy (non-hydrogen) atoms. The first-order valence-corrected chi connectivity index (χ1v) is 19.8. The van der Waals surface area contributed by atoms with Gasteiger partial charge in [-0.3, -0.25) is 4.79 Å². The Balaban J connectivity index is 2.23. The fraction of sp³-hybridized carbons (Fsp3) is 0.426.